The summed E-state index contributed by atoms with van der Waals surface area (Å²) in [5.74, 6) is 0.931. The van der Waals surface area contributed by atoms with E-state index in [2.05, 4.69) is 44.5 Å². The second-order valence-corrected chi connectivity index (χ2v) is 5.46. The first-order valence-corrected chi connectivity index (χ1v) is 5.33. The van der Waals surface area contributed by atoms with Crippen LogP contribution in [0.15, 0.2) is 0 Å². The molecule has 0 bridgehead atoms. The van der Waals surface area contributed by atoms with E-state index in [0.29, 0.717) is 5.54 Å². The topological polar surface area (TPSA) is 6.48 Å². The van der Waals surface area contributed by atoms with Crippen LogP contribution in [0.1, 0.15) is 27.7 Å². The number of likely N-dealkylation sites (tertiary alicyclic amines) is 1. The lowest BCUT2D eigenvalue weighted by molar-refractivity contribution is 0.0804. The first kappa shape index (κ1) is 11.0. The number of rotatable bonds is 3. The molecule has 1 saturated heterocycles. The van der Waals surface area contributed by atoms with E-state index in [1.54, 1.807) is 0 Å². The van der Waals surface area contributed by atoms with E-state index in [4.69, 9.17) is 0 Å². The molecular formula is C11H24N2. The normalized spacial score (nSPS) is 20.8. The molecule has 0 amide bonds. The quantitative estimate of drug-likeness (QED) is 0.658. The molecule has 13 heavy (non-hydrogen) atoms. The Labute approximate surface area is 82.9 Å². The molecule has 0 aromatic carbocycles. The molecule has 0 spiro atoms. The van der Waals surface area contributed by atoms with E-state index in [9.17, 15) is 0 Å². The van der Waals surface area contributed by atoms with Crippen LogP contribution in [0.4, 0.5) is 0 Å². The standard InChI is InChI=1S/C11H24N2/c1-10-8-13(9-10)7-6-12(5)11(2,3)4/h10H,6-9H2,1-5H3. The largest absolute Gasteiger partial charge is 0.301 e. The Balaban J connectivity index is 2.12. The van der Waals surface area contributed by atoms with Gasteiger partial charge in [-0.15, -0.1) is 0 Å². The Morgan fingerprint density at radius 1 is 1.31 bits per heavy atom. The number of likely N-dealkylation sites (N-methyl/N-ethyl adjacent to an activating group) is 1. The minimum absolute atomic E-state index is 0.316. The van der Waals surface area contributed by atoms with Gasteiger partial charge in [0.2, 0.25) is 0 Å². The number of hydrogen-bond acceptors (Lipinski definition) is 2. The second-order valence-electron chi connectivity index (χ2n) is 5.46. The molecule has 0 aromatic rings. The molecule has 0 N–H and O–H groups in total. The van der Waals surface area contributed by atoms with Crippen molar-refractivity contribution in [2.45, 2.75) is 33.2 Å². The molecule has 1 heterocycles. The van der Waals surface area contributed by atoms with Crippen molar-refractivity contribution < 1.29 is 0 Å². The summed E-state index contributed by atoms with van der Waals surface area (Å²) in [6, 6.07) is 0. The fourth-order valence-electron chi connectivity index (χ4n) is 1.64. The van der Waals surface area contributed by atoms with Gasteiger partial charge in [-0.1, -0.05) is 6.92 Å². The Bertz CT molecular complexity index is 154. The zero-order valence-corrected chi connectivity index (χ0v) is 9.80. The number of hydrogen-bond donors (Lipinski definition) is 0. The van der Waals surface area contributed by atoms with Gasteiger partial charge < -0.3 is 9.80 Å². The highest BCUT2D eigenvalue weighted by molar-refractivity contribution is 4.79. The summed E-state index contributed by atoms with van der Waals surface area (Å²) in [6.45, 7) is 14.2. The predicted octanol–water partition coefficient (Wildman–Crippen LogP) is 1.67. The molecule has 2 heteroatoms. The Hall–Kier alpha value is -0.0800. The van der Waals surface area contributed by atoms with Gasteiger partial charge in [0.1, 0.15) is 0 Å². The summed E-state index contributed by atoms with van der Waals surface area (Å²) in [7, 11) is 2.21. The molecule has 78 valence electrons. The summed E-state index contributed by atoms with van der Waals surface area (Å²) >= 11 is 0. The highest BCUT2D eigenvalue weighted by Crippen LogP contribution is 2.15. The zero-order valence-electron chi connectivity index (χ0n) is 9.80. The van der Waals surface area contributed by atoms with Crippen molar-refractivity contribution in [2.24, 2.45) is 5.92 Å². The van der Waals surface area contributed by atoms with Gasteiger partial charge in [-0.3, -0.25) is 0 Å². The predicted molar refractivity (Wildman–Crippen MR) is 58.0 cm³/mol. The van der Waals surface area contributed by atoms with E-state index in [1.807, 2.05) is 0 Å². The third kappa shape index (κ3) is 3.28. The molecule has 0 radical (unpaired) electrons. The van der Waals surface area contributed by atoms with Crippen molar-refractivity contribution in [3.05, 3.63) is 0 Å². The van der Waals surface area contributed by atoms with Gasteiger partial charge in [0, 0.05) is 31.7 Å². The van der Waals surface area contributed by atoms with E-state index in [0.717, 1.165) is 5.92 Å². The van der Waals surface area contributed by atoms with Crippen LogP contribution in [0.5, 0.6) is 0 Å². The fraction of sp³-hybridized carbons (Fsp3) is 1.00. The van der Waals surface area contributed by atoms with Gasteiger partial charge in [-0.2, -0.15) is 0 Å². The van der Waals surface area contributed by atoms with Crippen LogP contribution in [0.2, 0.25) is 0 Å². The van der Waals surface area contributed by atoms with Gasteiger partial charge in [0.25, 0.3) is 0 Å². The van der Waals surface area contributed by atoms with E-state index in [1.165, 1.54) is 26.2 Å². The molecular weight excluding hydrogens is 160 g/mol. The average molecular weight is 184 g/mol. The first-order chi connectivity index (χ1) is 5.89. The monoisotopic (exact) mass is 184 g/mol. The van der Waals surface area contributed by atoms with E-state index >= 15 is 0 Å². The molecule has 0 atom stereocenters. The van der Waals surface area contributed by atoms with Crippen LogP contribution in [0, 0.1) is 5.92 Å². The first-order valence-electron chi connectivity index (χ1n) is 5.33. The molecule has 1 aliphatic heterocycles. The molecule has 0 saturated carbocycles. The van der Waals surface area contributed by atoms with Crippen molar-refractivity contribution in [3.8, 4) is 0 Å². The van der Waals surface area contributed by atoms with Crippen molar-refractivity contribution in [2.75, 3.05) is 33.2 Å². The SMILES string of the molecule is CC1CN(CCN(C)C(C)(C)C)C1. The minimum Gasteiger partial charge on any atom is -0.301 e. The van der Waals surface area contributed by atoms with Gasteiger partial charge in [-0.25, -0.2) is 0 Å². The van der Waals surface area contributed by atoms with Crippen molar-refractivity contribution >= 4 is 0 Å². The van der Waals surface area contributed by atoms with Gasteiger partial charge in [0.05, 0.1) is 0 Å². The Kier molecular flexibility index (Phi) is 3.36. The molecule has 0 unspecified atom stereocenters. The summed E-state index contributed by atoms with van der Waals surface area (Å²) in [5.41, 5.74) is 0.316. The van der Waals surface area contributed by atoms with Crippen LogP contribution in [0.25, 0.3) is 0 Å². The lowest BCUT2D eigenvalue weighted by atomic mass is 10.0. The molecule has 1 rings (SSSR count). The van der Waals surface area contributed by atoms with E-state index in [-0.39, 0.29) is 0 Å². The van der Waals surface area contributed by atoms with Crippen LogP contribution in [-0.4, -0.2) is 48.6 Å². The maximum atomic E-state index is 2.53. The molecule has 0 aliphatic carbocycles. The highest BCUT2D eigenvalue weighted by atomic mass is 15.2. The van der Waals surface area contributed by atoms with Crippen LogP contribution < -0.4 is 0 Å². The van der Waals surface area contributed by atoms with Gasteiger partial charge in [0.15, 0.2) is 0 Å². The summed E-state index contributed by atoms with van der Waals surface area (Å²) in [4.78, 5) is 4.96. The van der Waals surface area contributed by atoms with Crippen LogP contribution in [-0.2, 0) is 0 Å². The minimum atomic E-state index is 0.316. The summed E-state index contributed by atoms with van der Waals surface area (Å²) in [6.07, 6.45) is 0. The third-order valence-corrected chi connectivity index (χ3v) is 3.04. The molecule has 2 nitrogen and oxygen atoms in total. The smallest absolute Gasteiger partial charge is 0.0122 e. The average Bonchev–Trinajstić information content (AvgIpc) is 1.93. The van der Waals surface area contributed by atoms with Crippen LogP contribution >= 0.6 is 0 Å². The lowest BCUT2D eigenvalue weighted by Gasteiger charge is -2.40. The number of nitrogens with zero attached hydrogens (tertiary/aromatic N) is 2. The summed E-state index contributed by atoms with van der Waals surface area (Å²) in [5, 5.41) is 0. The maximum absolute atomic E-state index is 2.53. The molecule has 1 fully saturated rings. The van der Waals surface area contributed by atoms with E-state index < -0.39 is 0 Å². The maximum Gasteiger partial charge on any atom is 0.0122 e. The van der Waals surface area contributed by atoms with Crippen molar-refractivity contribution in [3.63, 3.8) is 0 Å². The van der Waals surface area contributed by atoms with Crippen LogP contribution in [0.3, 0.4) is 0 Å². The summed E-state index contributed by atoms with van der Waals surface area (Å²) < 4.78 is 0. The Morgan fingerprint density at radius 3 is 2.23 bits per heavy atom. The molecule has 0 aromatic heterocycles. The Morgan fingerprint density at radius 2 is 1.85 bits per heavy atom. The van der Waals surface area contributed by atoms with Gasteiger partial charge in [-0.05, 0) is 33.7 Å². The lowest BCUT2D eigenvalue weighted by Crippen LogP contribution is -2.50. The second kappa shape index (κ2) is 3.97. The van der Waals surface area contributed by atoms with Gasteiger partial charge >= 0.3 is 0 Å². The zero-order chi connectivity index (χ0) is 10.1. The molecule has 1 aliphatic rings. The van der Waals surface area contributed by atoms with Crippen molar-refractivity contribution in [1.29, 1.82) is 0 Å². The fourth-order valence-corrected chi connectivity index (χ4v) is 1.64. The van der Waals surface area contributed by atoms with Crippen molar-refractivity contribution in [1.82, 2.24) is 9.80 Å². The third-order valence-electron chi connectivity index (χ3n) is 3.04. The highest BCUT2D eigenvalue weighted by Gasteiger charge is 2.23.